The molecule has 2 rings (SSSR count). The molecule has 1 saturated heterocycles. The van der Waals surface area contributed by atoms with Crippen molar-refractivity contribution in [1.29, 1.82) is 0 Å². The molecule has 0 bridgehead atoms. The van der Waals surface area contributed by atoms with Crippen LogP contribution in [0.4, 0.5) is 0 Å². The minimum absolute atomic E-state index is 0.558. The van der Waals surface area contributed by atoms with E-state index < -0.39 is 0 Å². The zero-order valence-corrected chi connectivity index (χ0v) is 11.9. The highest BCUT2D eigenvalue weighted by Gasteiger charge is 2.11. The lowest BCUT2D eigenvalue weighted by atomic mass is 10.0. The standard InChI is InChI=1S/C14H19Cl2NO/c15-12-5-4-11(14(16)9-12)10-18-8-6-13-3-1-2-7-17-13/h4-5,9,13,17H,1-3,6-8,10H2/t13-/m1/s1. The SMILES string of the molecule is Clc1ccc(COCC[C@H]2CCCCN2)c(Cl)c1. The quantitative estimate of drug-likeness (QED) is 0.826. The maximum atomic E-state index is 6.08. The summed E-state index contributed by atoms with van der Waals surface area (Å²) < 4.78 is 5.68. The Balaban J connectivity index is 1.68. The third-order valence-corrected chi connectivity index (χ3v) is 3.88. The molecule has 0 saturated carbocycles. The monoisotopic (exact) mass is 287 g/mol. The number of hydrogen-bond acceptors (Lipinski definition) is 2. The lowest BCUT2D eigenvalue weighted by molar-refractivity contribution is 0.108. The van der Waals surface area contributed by atoms with E-state index in [-0.39, 0.29) is 0 Å². The van der Waals surface area contributed by atoms with Crippen molar-refractivity contribution in [2.45, 2.75) is 38.3 Å². The third-order valence-electron chi connectivity index (χ3n) is 3.30. The van der Waals surface area contributed by atoms with Gasteiger partial charge in [0.2, 0.25) is 0 Å². The van der Waals surface area contributed by atoms with Crippen LogP contribution in [0.3, 0.4) is 0 Å². The van der Waals surface area contributed by atoms with E-state index in [0.717, 1.165) is 25.1 Å². The summed E-state index contributed by atoms with van der Waals surface area (Å²) in [5, 5.41) is 4.85. The maximum Gasteiger partial charge on any atom is 0.0731 e. The first-order valence-electron chi connectivity index (χ1n) is 6.51. The molecule has 0 aromatic heterocycles. The van der Waals surface area contributed by atoms with Crippen molar-refractivity contribution >= 4 is 23.2 Å². The minimum Gasteiger partial charge on any atom is -0.377 e. The molecule has 1 aromatic carbocycles. The Labute approximate surface area is 119 Å². The number of rotatable bonds is 5. The van der Waals surface area contributed by atoms with Gasteiger partial charge in [-0.2, -0.15) is 0 Å². The Morgan fingerprint density at radius 2 is 2.17 bits per heavy atom. The first-order chi connectivity index (χ1) is 8.75. The second-order valence-electron chi connectivity index (χ2n) is 4.72. The van der Waals surface area contributed by atoms with Gasteiger partial charge in [0, 0.05) is 22.7 Å². The van der Waals surface area contributed by atoms with Crippen molar-refractivity contribution in [2.75, 3.05) is 13.2 Å². The van der Waals surface area contributed by atoms with Gasteiger partial charge in [-0.3, -0.25) is 0 Å². The van der Waals surface area contributed by atoms with Gasteiger partial charge in [0.05, 0.1) is 6.61 Å². The number of benzene rings is 1. The Kier molecular flexibility index (Phi) is 5.77. The molecule has 4 heteroatoms. The van der Waals surface area contributed by atoms with Crippen LogP contribution in [0.2, 0.25) is 10.0 Å². The van der Waals surface area contributed by atoms with E-state index in [1.807, 2.05) is 12.1 Å². The topological polar surface area (TPSA) is 21.3 Å². The van der Waals surface area contributed by atoms with Crippen LogP contribution in [0.1, 0.15) is 31.2 Å². The number of nitrogens with one attached hydrogen (secondary N) is 1. The zero-order valence-electron chi connectivity index (χ0n) is 10.4. The first kappa shape index (κ1) is 14.1. The van der Waals surface area contributed by atoms with E-state index in [1.54, 1.807) is 6.07 Å². The van der Waals surface area contributed by atoms with E-state index in [1.165, 1.54) is 19.3 Å². The molecule has 1 aromatic rings. The predicted octanol–water partition coefficient (Wildman–Crippen LogP) is 4.04. The molecule has 1 heterocycles. The summed E-state index contributed by atoms with van der Waals surface area (Å²) in [5.41, 5.74) is 0.998. The van der Waals surface area contributed by atoms with Crippen LogP contribution in [0, 0.1) is 0 Å². The predicted molar refractivity (Wildman–Crippen MR) is 76.4 cm³/mol. The van der Waals surface area contributed by atoms with Gasteiger partial charge >= 0.3 is 0 Å². The van der Waals surface area contributed by atoms with E-state index in [9.17, 15) is 0 Å². The molecule has 0 aliphatic carbocycles. The summed E-state index contributed by atoms with van der Waals surface area (Å²) in [4.78, 5) is 0. The molecule has 1 atom stereocenters. The van der Waals surface area contributed by atoms with Gasteiger partial charge in [0.25, 0.3) is 0 Å². The molecule has 18 heavy (non-hydrogen) atoms. The summed E-state index contributed by atoms with van der Waals surface area (Å²) in [6, 6.07) is 6.14. The number of piperidine rings is 1. The molecule has 1 aliphatic heterocycles. The molecule has 0 amide bonds. The van der Waals surface area contributed by atoms with Crippen LogP contribution in [-0.2, 0) is 11.3 Å². The van der Waals surface area contributed by atoms with Crippen LogP contribution in [0.15, 0.2) is 18.2 Å². The Morgan fingerprint density at radius 3 is 2.89 bits per heavy atom. The molecular formula is C14H19Cl2NO. The molecule has 0 radical (unpaired) electrons. The van der Waals surface area contributed by atoms with E-state index in [0.29, 0.717) is 22.7 Å². The van der Waals surface area contributed by atoms with Crippen LogP contribution in [0.5, 0.6) is 0 Å². The smallest absolute Gasteiger partial charge is 0.0731 e. The lowest BCUT2D eigenvalue weighted by Gasteiger charge is -2.23. The van der Waals surface area contributed by atoms with Crippen molar-refractivity contribution in [3.63, 3.8) is 0 Å². The van der Waals surface area contributed by atoms with E-state index >= 15 is 0 Å². The number of hydrogen-bond donors (Lipinski definition) is 1. The fourth-order valence-corrected chi connectivity index (χ4v) is 2.68. The zero-order chi connectivity index (χ0) is 12.8. The van der Waals surface area contributed by atoms with Gasteiger partial charge in [-0.05, 0) is 43.5 Å². The Bertz CT molecular complexity index is 378. The molecule has 0 spiro atoms. The van der Waals surface area contributed by atoms with Crippen LogP contribution < -0.4 is 5.32 Å². The van der Waals surface area contributed by atoms with Gasteiger partial charge in [0.15, 0.2) is 0 Å². The van der Waals surface area contributed by atoms with E-state index in [4.69, 9.17) is 27.9 Å². The second-order valence-corrected chi connectivity index (χ2v) is 5.57. The summed E-state index contributed by atoms with van der Waals surface area (Å²) in [7, 11) is 0. The Morgan fingerprint density at radius 1 is 1.28 bits per heavy atom. The molecule has 1 N–H and O–H groups in total. The molecular weight excluding hydrogens is 269 g/mol. The highest BCUT2D eigenvalue weighted by molar-refractivity contribution is 6.35. The van der Waals surface area contributed by atoms with Crippen LogP contribution in [-0.4, -0.2) is 19.2 Å². The third kappa shape index (κ3) is 4.43. The molecule has 2 nitrogen and oxygen atoms in total. The average Bonchev–Trinajstić information content (AvgIpc) is 2.38. The average molecular weight is 288 g/mol. The largest absolute Gasteiger partial charge is 0.377 e. The highest BCUT2D eigenvalue weighted by Crippen LogP contribution is 2.21. The number of halogens is 2. The summed E-state index contributed by atoms with van der Waals surface area (Å²) in [5.74, 6) is 0. The molecule has 100 valence electrons. The summed E-state index contributed by atoms with van der Waals surface area (Å²) >= 11 is 11.9. The van der Waals surface area contributed by atoms with Crippen LogP contribution in [0.25, 0.3) is 0 Å². The summed E-state index contributed by atoms with van der Waals surface area (Å²) in [6.45, 7) is 2.48. The highest BCUT2D eigenvalue weighted by atomic mass is 35.5. The summed E-state index contributed by atoms with van der Waals surface area (Å²) in [6.07, 6.45) is 4.98. The fraction of sp³-hybridized carbons (Fsp3) is 0.571. The Hall–Kier alpha value is -0.280. The second kappa shape index (κ2) is 7.34. The van der Waals surface area contributed by atoms with Crippen LogP contribution >= 0.6 is 23.2 Å². The van der Waals surface area contributed by atoms with Gasteiger partial charge in [0.1, 0.15) is 0 Å². The van der Waals surface area contributed by atoms with Crippen molar-refractivity contribution in [3.05, 3.63) is 33.8 Å². The van der Waals surface area contributed by atoms with Gasteiger partial charge in [-0.1, -0.05) is 35.7 Å². The maximum absolute atomic E-state index is 6.08. The fourth-order valence-electron chi connectivity index (χ4n) is 2.22. The lowest BCUT2D eigenvalue weighted by Crippen LogP contribution is -2.34. The molecule has 0 unspecified atom stereocenters. The first-order valence-corrected chi connectivity index (χ1v) is 7.26. The van der Waals surface area contributed by atoms with Gasteiger partial charge in [-0.25, -0.2) is 0 Å². The van der Waals surface area contributed by atoms with E-state index in [2.05, 4.69) is 5.32 Å². The minimum atomic E-state index is 0.558. The van der Waals surface area contributed by atoms with Crippen molar-refractivity contribution in [1.82, 2.24) is 5.32 Å². The number of ether oxygens (including phenoxy) is 1. The van der Waals surface area contributed by atoms with Crippen molar-refractivity contribution < 1.29 is 4.74 Å². The normalized spacial score (nSPS) is 20.0. The van der Waals surface area contributed by atoms with Gasteiger partial charge < -0.3 is 10.1 Å². The van der Waals surface area contributed by atoms with Crippen molar-refractivity contribution in [3.8, 4) is 0 Å². The van der Waals surface area contributed by atoms with Crippen molar-refractivity contribution in [2.24, 2.45) is 0 Å². The molecule has 1 fully saturated rings. The molecule has 1 aliphatic rings. The van der Waals surface area contributed by atoms with Gasteiger partial charge in [-0.15, -0.1) is 0 Å².